The summed E-state index contributed by atoms with van der Waals surface area (Å²) in [7, 11) is 0. The molecule has 0 saturated carbocycles. The first-order valence-corrected chi connectivity index (χ1v) is 8.13. The predicted octanol–water partition coefficient (Wildman–Crippen LogP) is -0.266. The summed E-state index contributed by atoms with van der Waals surface area (Å²) in [5, 5.41) is 36.2. The van der Waals surface area contributed by atoms with E-state index in [-0.39, 0.29) is 49.8 Å². The Morgan fingerprint density at radius 3 is 1.80 bits per heavy atom. The van der Waals surface area contributed by atoms with Crippen molar-refractivity contribution in [1.29, 1.82) is 0 Å². The van der Waals surface area contributed by atoms with E-state index in [0.29, 0.717) is 19.5 Å². The van der Waals surface area contributed by atoms with Crippen LogP contribution in [0.25, 0.3) is 0 Å². The third-order valence-electron chi connectivity index (χ3n) is 4.61. The topological polar surface area (TPSA) is 152 Å². The van der Waals surface area contributed by atoms with Crippen molar-refractivity contribution in [1.82, 2.24) is 4.90 Å². The van der Waals surface area contributed by atoms with Crippen LogP contribution in [0, 0.1) is 0 Å². The lowest BCUT2D eigenvalue weighted by Crippen LogP contribution is -2.67. The first-order chi connectivity index (χ1) is 11.7. The van der Waals surface area contributed by atoms with Gasteiger partial charge in [-0.2, -0.15) is 0 Å². The van der Waals surface area contributed by atoms with Crippen LogP contribution in [0.15, 0.2) is 0 Å². The van der Waals surface area contributed by atoms with Crippen LogP contribution in [0.1, 0.15) is 32.1 Å². The minimum atomic E-state index is -1.08. The molecule has 0 amide bonds. The van der Waals surface area contributed by atoms with Gasteiger partial charge in [-0.25, -0.2) is 0 Å². The summed E-state index contributed by atoms with van der Waals surface area (Å²) in [4.78, 5) is 46.0. The molecule has 0 aromatic heterocycles. The zero-order valence-corrected chi connectivity index (χ0v) is 14.0. The fourth-order valence-electron chi connectivity index (χ4n) is 3.48. The molecule has 1 heterocycles. The molecule has 1 unspecified atom stereocenters. The Kier molecular flexibility index (Phi) is 7.78. The van der Waals surface area contributed by atoms with E-state index in [2.05, 4.69) is 0 Å². The van der Waals surface area contributed by atoms with Crippen molar-refractivity contribution < 1.29 is 44.1 Å². The van der Waals surface area contributed by atoms with Gasteiger partial charge < -0.3 is 24.9 Å². The lowest BCUT2D eigenvalue weighted by atomic mass is 10.0. The Labute approximate surface area is 144 Å². The average molecular weight is 361 g/mol. The van der Waals surface area contributed by atoms with Gasteiger partial charge in [-0.3, -0.25) is 24.1 Å². The molecular formula is C15H25N2O8+. The monoisotopic (exact) mass is 361 g/mol. The summed E-state index contributed by atoms with van der Waals surface area (Å²) in [6, 6.07) is 0. The molecule has 1 saturated heterocycles. The highest BCUT2D eigenvalue weighted by Crippen LogP contribution is 2.28. The largest absolute Gasteiger partial charge is 0.481 e. The van der Waals surface area contributed by atoms with Gasteiger partial charge in [0.1, 0.15) is 6.42 Å². The highest BCUT2D eigenvalue weighted by molar-refractivity contribution is 5.68. The van der Waals surface area contributed by atoms with Crippen LogP contribution in [0.2, 0.25) is 0 Å². The maximum atomic E-state index is 11.3. The fraction of sp³-hybridized carbons (Fsp3) is 0.733. The van der Waals surface area contributed by atoms with Crippen LogP contribution < -0.4 is 0 Å². The van der Waals surface area contributed by atoms with Gasteiger partial charge in [0.15, 0.2) is 6.17 Å². The van der Waals surface area contributed by atoms with Gasteiger partial charge in [0.05, 0.1) is 38.9 Å². The number of hydrogen-bond donors (Lipinski definition) is 4. The van der Waals surface area contributed by atoms with Crippen molar-refractivity contribution in [3.8, 4) is 0 Å². The van der Waals surface area contributed by atoms with Gasteiger partial charge in [-0.05, 0) is 0 Å². The molecule has 0 spiro atoms. The lowest BCUT2D eigenvalue weighted by molar-refractivity contribution is -0.966. The molecule has 10 nitrogen and oxygen atoms in total. The van der Waals surface area contributed by atoms with E-state index in [4.69, 9.17) is 15.3 Å². The first-order valence-electron chi connectivity index (χ1n) is 8.13. The summed E-state index contributed by atoms with van der Waals surface area (Å²) >= 11 is 0. The molecule has 1 fully saturated rings. The highest BCUT2D eigenvalue weighted by Gasteiger charge is 2.45. The fourth-order valence-corrected chi connectivity index (χ4v) is 3.48. The van der Waals surface area contributed by atoms with Crippen LogP contribution in [-0.4, -0.2) is 92.6 Å². The number of aliphatic carboxylic acids is 4. The van der Waals surface area contributed by atoms with E-state index in [1.54, 1.807) is 4.90 Å². The summed E-state index contributed by atoms with van der Waals surface area (Å²) in [6.45, 7) is 1.36. The minimum absolute atomic E-state index is 0.0461. The Morgan fingerprint density at radius 1 is 0.840 bits per heavy atom. The van der Waals surface area contributed by atoms with E-state index in [1.807, 2.05) is 0 Å². The first kappa shape index (κ1) is 20.8. The maximum Gasteiger partial charge on any atom is 0.310 e. The Balaban J connectivity index is 3.09. The van der Waals surface area contributed by atoms with Gasteiger partial charge in [0.25, 0.3) is 0 Å². The second kappa shape index (κ2) is 9.33. The molecule has 0 bridgehead atoms. The van der Waals surface area contributed by atoms with Crippen LogP contribution in [0.3, 0.4) is 0 Å². The molecule has 1 aliphatic rings. The summed E-state index contributed by atoms with van der Waals surface area (Å²) < 4.78 is 0.0461. The quantitative estimate of drug-likeness (QED) is 0.364. The summed E-state index contributed by atoms with van der Waals surface area (Å²) in [5.41, 5.74) is 0. The predicted molar refractivity (Wildman–Crippen MR) is 83.9 cm³/mol. The standard InChI is InChI=1S/C15H24N2O8/c18-12(19)2-6-16-5-1-7-17(8-3-13(20)21,9-4-14(22)23)11(16)10-15(24)25/h11H,1-10H2,(H3-,18,19,20,21,22,23,24,25)/p+1. The van der Waals surface area contributed by atoms with Crippen molar-refractivity contribution in [3.63, 3.8) is 0 Å². The number of carboxylic acid groups (broad SMARTS) is 4. The van der Waals surface area contributed by atoms with Gasteiger partial charge in [-0.1, -0.05) is 0 Å². The van der Waals surface area contributed by atoms with E-state index in [1.165, 1.54) is 0 Å². The summed E-state index contributed by atoms with van der Waals surface area (Å²) in [5.74, 6) is -4.16. The molecule has 4 N–H and O–H groups in total. The van der Waals surface area contributed by atoms with Crippen molar-refractivity contribution in [2.45, 2.75) is 38.3 Å². The number of quaternary nitrogens is 1. The molecule has 1 aliphatic heterocycles. The van der Waals surface area contributed by atoms with E-state index in [9.17, 15) is 24.3 Å². The van der Waals surface area contributed by atoms with Crippen LogP contribution in [0.5, 0.6) is 0 Å². The molecule has 25 heavy (non-hydrogen) atoms. The van der Waals surface area contributed by atoms with Crippen molar-refractivity contribution in [2.24, 2.45) is 0 Å². The number of nitrogens with zero attached hydrogens (tertiary/aromatic N) is 2. The molecule has 1 rings (SSSR count). The van der Waals surface area contributed by atoms with Crippen LogP contribution in [-0.2, 0) is 19.2 Å². The highest BCUT2D eigenvalue weighted by atomic mass is 16.4. The third kappa shape index (κ3) is 6.67. The second-order valence-electron chi connectivity index (χ2n) is 6.29. The Morgan fingerprint density at radius 2 is 1.36 bits per heavy atom. The van der Waals surface area contributed by atoms with Gasteiger partial charge in [0.2, 0.25) is 0 Å². The maximum absolute atomic E-state index is 11.3. The van der Waals surface area contributed by atoms with Crippen LogP contribution >= 0.6 is 0 Å². The van der Waals surface area contributed by atoms with Gasteiger partial charge in [0, 0.05) is 19.5 Å². The van der Waals surface area contributed by atoms with E-state index >= 15 is 0 Å². The molecule has 142 valence electrons. The van der Waals surface area contributed by atoms with E-state index < -0.39 is 30.0 Å². The Bertz CT molecular complexity index is 504. The number of carbonyl (C=O) groups is 4. The van der Waals surface area contributed by atoms with Crippen molar-refractivity contribution in [3.05, 3.63) is 0 Å². The van der Waals surface area contributed by atoms with Crippen molar-refractivity contribution >= 4 is 23.9 Å². The molecule has 0 radical (unpaired) electrons. The second-order valence-corrected chi connectivity index (χ2v) is 6.29. The molecular weight excluding hydrogens is 336 g/mol. The number of rotatable bonds is 11. The lowest BCUT2D eigenvalue weighted by Gasteiger charge is -2.51. The van der Waals surface area contributed by atoms with Gasteiger partial charge in [-0.15, -0.1) is 0 Å². The van der Waals surface area contributed by atoms with Crippen LogP contribution in [0.4, 0.5) is 0 Å². The van der Waals surface area contributed by atoms with Crippen molar-refractivity contribution in [2.75, 3.05) is 32.7 Å². The molecule has 1 atom stereocenters. The SMILES string of the molecule is O=C(O)CCN1CCC[N+](CCC(=O)O)(CCC(=O)O)C1CC(=O)O. The smallest absolute Gasteiger partial charge is 0.310 e. The molecule has 0 aromatic rings. The van der Waals surface area contributed by atoms with E-state index in [0.717, 1.165) is 0 Å². The zero-order valence-electron chi connectivity index (χ0n) is 14.0. The minimum Gasteiger partial charge on any atom is -0.481 e. The molecule has 0 aliphatic carbocycles. The summed E-state index contributed by atoms with van der Waals surface area (Å²) in [6.07, 6.45) is -0.878. The Hall–Kier alpha value is -2.20. The third-order valence-corrected chi connectivity index (χ3v) is 4.61. The molecule has 0 aromatic carbocycles. The number of carboxylic acids is 4. The zero-order chi connectivity index (χ0) is 19.0. The molecule has 10 heteroatoms. The van der Waals surface area contributed by atoms with Gasteiger partial charge >= 0.3 is 23.9 Å². The number of hydrogen-bond acceptors (Lipinski definition) is 5. The average Bonchev–Trinajstić information content (AvgIpc) is 2.50. The normalized spacial score (nSPS) is 20.1.